The molecule has 1 aliphatic rings. The number of rotatable bonds is 4. The Kier molecular flexibility index (Phi) is 3.84. The molecule has 1 heterocycles. The third-order valence-corrected chi connectivity index (χ3v) is 3.27. The van der Waals surface area contributed by atoms with E-state index in [-0.39, 0.29) is 24.7 Å². The number of ketones is 1. The summed E-state index contributed by atoms with van der Waals surface area (Å²) in [7, 11) is 0. The Bertz CT molecular complexity index is 557. The van der Waals surface area contributed by atoms with E-state index in [1.807, 2.05) is 0 Å². The Labute approximate surface area is 116 Å². The number of benzene rings is 1. The predicted molar refractivity (Wildman–Crippen MR) is 69.9 cm³/mol. The Morgan fingerprint density at radius 2 is 2.21 bits per heavy atom. The fourth-order valence-electron chi connectivity index (χ4n) is 1.66. The summed E-state index contributed by atoms with van der Waals surface area (Å²) in [6, 6.07) is 4.59. The minimum absolute atomic E-state index is 0.0552. The summed E-state index contributed by atoms with van der Waals surface area (Å²) in [4.78, 5) is 32.9. The molecule has 1 aromatic carbocycles. The second kappa shape index (κ2) is 5.40. The normalized spacial score (nSPS) is 14.9. The first-order valence-electron chi connectivity index (χ1n) is 5.44. The molecule has 1 amide bonds. The molecule has 0 saturated heterocycles. The van der Waals surface area contributed by atoms with Crippen molar-refractivity contribution in [2.75, 3.05) is 11.9 Å². The smallest absolute Gasteiger partial charge is 0.304 e. The molecule has 0 aromatic heterocycles. The standard InChI is InChI=1S/C12H10BrNO5/c13-7(4-11(16)17)12(18)6-1-2-9-8(3-6)14-10(15)5-19-9/h1-3,7H,4-5H2,(H,14,15)(H,16,17). The molecule has 1 atom stereocenters. The average Bonchev–Trinajstić information content (AvgIpc) is 2.36. The molecule has 19 heavy (non-hydrogen) atoms. The molecule has 1 aliphatic heterocycles. The van der Waals surface area contributed by atoms with Crippen molar-refractivity contribution in [2.45, 2.75) is 11.2 Å². The molecule has 7 heteroatoms. The zero-order valence-electron chi connectivity index (χ0n) is 9.68. The van der Waals surface area contributed by atoms with Gasteiger partial charge in [0.2, 0.25) is 0 Å². The van der Waals surface area contributed by atoms with Crippen molar-refractivity contribution in [1.82, 2.24) is 0 Å². The summed E-state index contributed by atoms with van der Waals surface area (Å²) in [6.45, 7) is -0.0552. The van der Waals surface area contributed by atoms with Crippen molar-refractivity contribution in [2.24, 2.45) is 0 Å². The molecule has 0 spiro atoms. The van der Waals surface area contributed by atoms with Crippen LogP contribution in [-0.2, 0) is 9.59 Å². The van der Waals surface area contributed by atoms with Gasteiger partial charge in [0, 0.05) is 5.56 Å². The van der Waals surface area contributed by atoms with E-state index in [0.717, 1.165) is 0 Å². The lowest BCUT2D eigenvalue weighted by Gasteiger charge is -2.18. The molecular formula is C12H10BrNO5. The third-order valence-electron chi connectivity index (χ3n) is 2.54. The largest absolute Gasteiger partial charge is 0.482 e. The molecule has 0 radical (unpaired) electrons. The number of carboxylic acids is 1. The lowest BCUT2D eigenvalue weighted by molar-refractivity contribution is -0.136. The number of carbonyl (C=O) groups is 3. The number of anilines is 1. The van der Waals surface area contributed by atoms with Crippen molar-refractivity contribution in [3.63, 3.8) is 0 Å². The summed E-state index contributed by atoms with van der Waals surface area (Å²) in [5.74, 6) is -1.23. The Morgan fingerprint density at radius 3 is 2.89 bits per heavy atom. The SMILES string of the molecule is O=C(O)CC(Br)C(=O)c1ccc2c(c1)NC(=O)CO2. The third kappa shape index (κ3) is 3.11. The number of aliphatic carboxylic acids is 1. The summed E-state index contributed by atoms with van der Waals surface area (Å²) >= 11 is 3.04. The molecule has 6 nitrogen and oxygen atoms in total. The van der Waals surface area contributed by atoms with E-state index in [1.54, 1.807) is 6.07 Å². The quantitative estimate of drug-likeness (QED) is 0.644. The van der Waals surface area contributed by atoms with Crippen molar-refractivity contribution in [1.29, 1.82) is 0 Å². The summed E-state index contributed by atoms with van der Waals surface area (Å²) < 4.78 is 5.17. The zero-order chi connectivity index (χ0) is 14.0. The van der Waals surface area contributed by atoms with Crippen LogP contribution in [0.15, 0.2) is 18.2 Å². The number of ether oxygens (including phenoxy) is 1. The molecule has 0 fully saturated rings. The van der Waals surface area contributed by atoms with Gasteiger partial charge in [-0.15, -0.1) is 0 Å². The number of carbonyl (C=O) groups excluding carboxylic acids is 2. The van der Waals surface area contributed by atoms with Crippen LogP contribution in [0.3, 0.4) is 0 Å². The van der Waals surface area contributed by atoms with Crippen LogP contribution >= 0.6 is 15.9 Å². The van der Waals surface area contributed by atoms with E-state index in [2.05, 4.69) is 21.2 Å². The fraction of sp³-hybridized carbons (Fsp3) is 0.250. The van der Waals surface area contributed by atoms with Gasteiger partial charge >= 0.3 is 5.97 Å². The topological polar surface area (TPSA) is 92.7 Å². The van der Waals surface area contributed by atoms with Crippen LogP contribution in [0.5, 0.6) is 5.75 Å². The van der Waals surface area contributed by atoms with Crippen LogP contribution in [0.25, 0.3) is 0 Å². The lowest BCUT2D eigenvalue weighted by Crippen LogP contribution is -2.26. The molecule has 1 aromatic rings. The molecule has 0 saturated carbocycles. The number of halogens is 1. The van der Waals surface area contributed by atoms with Crippen LogP contribution in [-0.4, -0.2) is 34.2 Å². The van der Waals surface area contributed by atoms with Crippen molar-refractivity contribution < 1.29 is 24.2 Å². The van der Waals surface area contributed by atoms with E-state index in [4.69, 9.17) is 9.84 Å². The van der Waals surface area contributed by atoms with E-state index < -0.39 is 10.8 Å². The van der Waals surface area contributed by atoms with E-state index in [1.165, 1.54) is 12.1 Å². The van der Waals surface area contributed by atoms with Crippen LogP contribution < -0.4 is 10.1 Å². The maximum Gasteiger partial charge on any atom is 0.304 e. The van der Waals surface area contributed by atoms with Gasteiger partial charge in [-0.3, -0.25) is 14.4 Å². The second-order valence-corrected chi connectivity index (χ2v) is 5.08. The summed E-state index contributed by atoms with van der Waals surface area (Å²) in [5.41, 5.74) is 0.727. The number of Topliss-reactive ketones (excluding diaryl/α,β-unsaturated/α-hetero) is 1. The lowest BCUT2D eigenvalue weighted by atomic mass is 10.0. The number of hydrogen-bond donors (Lipinski definition) is 2. The van der Waals surface area contributed by atoms with Gasteiger partial charge in [0.1, 0.15) is 5.75 Å². The highest BCUT2D eigenvalue weighted by molar-refractivity contribution is 9.10. The van der Waals surface area contributed by atoms with Gasteiger partial charge < -0.3 is 15.2 Å². The number of hydrogen-bond acceptors (Lipinski definition) is 4. The summed E-state index contributed by atoms with van der Waals surface area (Å²) in [6.07, 6.45) is -0.307. The van der Waals surface area contributed by atoms with E-state index in [9.17, 15) is 14.4 Å². The number of amides is 1. The molecular weight excluding hydrogens is 318 g/mol. The van der Waals surface area contributed by atoms with Crippen molar-refractivity contribution in [3.05, 3.63) is 23.8 Å². The minimum atomic E-state index is -1.06. The van der Waals surface area contributed by atoms with Crippen LogP contribution in [0.2, 0.25) is 0 Å². The Morgan fingerprint density at radius 1 is 1.47 bits per heavy atom. The van der Waals surface area contributed by atoms with E-state index >= 15 is 0 Å². The fourth-order valence-corrected chi connectivity index (χ4v) is 2.20. The zero-order valence-corrected chi connectivity index (χ0v) is 11.3. The van der Waals surface area contributed by atoms with Crippen LogP contribution in [0.4, 0.5) is 5.69 Å². The van der Waals surface area contributed by atoms with Gasteiger partial charge in [0.25, 0.3) is 5.91 Å². The molecule has 0 bridgehead atoms. The minimum Gasteiger partial charge on any atom is -0.482 e. The van der Waals surface area contributed by atoms with Gasteiger partial charge in [0.05, 0.1) is 16.9 Å². The first kappa shape index (κ1) is 13.5. The Hall–Kier alpha value is -1.89. The first-order chi connectivity index (χ1) is 8.97. The first-order valence-corrected chi connectivity index (χ1v) is 6.35. The number of nitrogens with one attached hydrogen (secondary N) is 1. The maximum absolute atomic E-state index is 12.0. The maximum atomic E-state index is 12.0. The molecule has 2 N–H and O–H groups in total. The molecule has 1 unspecified atom stereocenters. The average molecular weight is 328 g/mol. The highest BCUT2D eigenvalue weighted by atomic mass is 79.9. The number of alkyl halides is 1. The van der Waals surface area contributed by atoms with Gasteiger partial charge in [-0.1, -0.05) is 15.9 Å². The van der Waals surface area contributed by atoms with Crippen LogP contribution in [0.1, 0.15) is 16.8 Å². The highest BCUT2D eigenvalue weighted by Gasteiger charge is 2.22. The van der Waals surface area contributed by atoms with Gasteiger partial charge in [-0.2, -0.15) is 0 Å². The second-order valence-electron chi connectivity index (χ2n) is 3.98. The van der Waals surface area contributed by atoms with Crippen molar-refractivity contribution >= 4 is 39.3 Å². The summed E-state index contributed by atoms with van der Waals surface area (Å²) in [5, 5.41) is 11.2. The number of fused-ring (bicyclic) bond motifs is 1. The molecule has 2 rings (SSSR count). The molecule has 0 aliphatic carbocycles. The monoisotopic (exact) mass is 327 g/mol. The van der Waals surface area contributed by atoms with Crippen molar-refractivity contribution in [3.8, 4) is 5.75 Å². The Balaban J connectivity index is 2.21. The number of carboxylic acid groups (broad SMARTS) is 1. The van der Waals surface area contributed by atoms with Gasteiger partial charge in [0.15, 0.2) is 12.4 Å². The van der Waals surface area contributed by atoms with Crippen LogP contribution in [0, 0.1) is 0 Å². The predicted octanol–water partition coefficient (Wildman–Crippen LogP) is 1.44. The highest BCUT2D eigenvalue weighted by Crippen LogP contribution is 2.29. The van der Waals surface area contributed by atoms with Gasteiger partial charge in [-0.05, 0) is 18.2 Å². The van der Waals surface area contributed by atoms with Gasteiger partial charge in [-0.25, -0.2) is 0 Å². The molecule has 100 valence electrons. The van der Waals surface area contributed by atoms with E-state index in [0.29, 0.717) is 17.0 Å².